The summed E-state index contributed by atoms with van der Waals surface area (Å²) in [6.07, 6.45) is 5.33. The van der Waals surface area contributed by atoms with Gasteiger partial charge in [-0.15, -0.1) is 11.3 Å². The van der Waals surface area contributed by atoms with Crippen LogP contribution in [-0.4, -0.2) is 38.0 Å². The van der Waals surface area contributed by atoms with Gasteiger partial charge in [-0.1, -0.05) is 6.07 Å². The standard InChI is InChI=1S/C28H31N5O4S/c1-6-37-28(36)23-20-9-7-8-10-22(20)38-26(23)30-25(34)18(5)32-27(35)24-21(17(4)31-32)14-29-33(24)19-12-11-15(2)16(3)13-19/h11-14,18H,6-10H2,1-5H3,(H,30,34). The molecule has 0 aliphatic heterocycles. The number of fused-ring (bicyclic) bond motifs is 2. The number of benzene rings is 1. The molecule has 38 heavy (non-hydrogen) atoms. The lowest BCUT2D eigenvalue weighted by atomic mass is 9.95. The molecule has 1 amide bonds. The van der Waals surface area contributed by atoms with E-state index in [2.05, 4.69) is 15.5 Å². The van der Waals surface area contributed by atoms with Crippen LogP contribution in [0.3, 0.4) is 0 Å². The Morgan fingerprint density at radius 1 is 1.16 bits per heavy atom. The summed E-state index contributed by atoms with van der Waals surface area (Å²) >= 11 is 1.42. The highest BCUT2D eigenvalue weighted by molar-refractivity contribution is 7.17. The first-order valence-electron chi connectivity index (χ1n) is 12.9. The molecule has 0 bridgehead atoms. The Morgan fingerprint density at radius 3 is 2.66 bits per heavy atom. The van der Waals surface area contributed by atoms with Crippen LogP contribution in [-0.2, 0) is 22.4 Å². The van der Waals surface area contributed by atoms with Gasteiger partial charge in [-0.2, -0.15) is 10.2 Å². The van der Waals surface area contributed by atoms with Gasteiger partial charge in [0.15, 0.2) is 0 Å². The molecule has 0 radical (unpaired) electrons. The first kappa shape index (κ1) is 25.8. The van der Waals surface area contributed by atoms with E-state index in [1.807, 2.05) is 32.0 Å². The van der Waals surface area contributed by atoms with Gasteiger partial charge in [-0.05, 0) is 89.1 Å². The van der Waals surface area contributed by atoms with Crippen LogP contribution in [0.1, 0.15) is 70.4 Å². The first-order valence-corrected chi connectivity index (χ1v) is 13.7. The van der Waals surface area contributed by atoms with E-state index in [0.29, 0.717) is 27.2 Å². The van der Waals surface area contributed by atoms with Crippen molar-refractivity contribution in [2.45, 2.75) is 66.3 Å². The summed E-state index contributed by atoms with van der Waals surface area (Å²) in [7, 11) is 0. The Balaban J connectivity index is 1.53. The van der Waals surface area contributed by atoms with E-state index < -0.39 is 23.5 Å². The van der Waals surface area contributed by atoms with Crippen LogP contribution in [0.2, 0.25) is 0 Å². The maximum Gasteiger partial charge on any atom is 0.341 e. The molecule has 1 aromatic carbocycles. The quantitative estimate of drug-likeness (QED) is 0.356. The Bertz CT molecular complexity index is 1630. The fourth-order valence-electron chi connectivity index (χ4n) is 4.90. The number of hydrogen-bond donors (Lipinski definition) is 1. The normalized spacial score (nSPS) is 13.8. The molecule has 10 heteroatoms. The van der Waals surface area contributed by atoms with Crippen molar-refractivity contribution in [2.75, 3.05) is 11.9 Å². The van der Waals surface area contributed by atoms with Crippen LogP contribution in [0, 0.1) is 20.8 Å². The number of ether oxygens (including phenoxy) is 1. The molecule has 0 saturated carbocycles. The van der Waals surface area contributed by atoms with Gasteiger partial charge in [0, 0.05) is 10.3 Å². The fourth-order valence-corrected chi connectivity index (χ4v) is 6.18. The molecule has 198 valence electrons. The third-order valence-electron chi connectivity index (χ3n) is 7.20. The monoisotopic (exact) mass is 533 g/mol. The highest BCUT2D eigenvalue weighted by Gasteiger charge is 2.29. The SMILES string of the molecule is CCOC(=O)c1c(NC(=O)C(C)n2nc(C)c3cnn(-c4ccc(C)c(C)c4)c3c2=O)sc2c1CCCC2. The van der Waals surface area contributed by atoms with Gasteiger partial charge >= 0.3 is 5.97 Å². The largest absolute Gasteiger partial charge is 0.462 e. The summed E-state index contributed by atoms with van der Waals surface area (Å²) < 4.78 is 8.11. The molecule has 4 aromatic rings. The topological polar surface area (TPSA) is 108 Å². The smallest absolute Gasteiger partial charge is 0.341 e. The van der Waals surface area contributed by atoms with Crippen molar-refractivity contribution in [3.63, 3.8) is 0 Å². The Labute approximate surface area is 224 Å². The molecule has 9 nitrogen and oxygen atoms in total. The Hall–Kier alpha value is -3.79. The first-order chi connectivity index (χ1) is 18.2. The molecule has 0 saturated heterocycles. The van der Waals surface area contributed by atoms with Gasteiger partial charge < -0.3 is 10.1 Å². The van der Waals surface area contributed by atoms with Crippen molar-refractivity contribution < 1.29 is 14.3 Å². The third-order valence-corrected chi connectivity index (χ3v) is 8.40. The average molecular weight is 534 g/mol. The number of aromatic nitrogens is 4. The highest BCUT2D eigenvalue weighted by atomic mass is 32.1. The number of nitrogens with one attached hydrogen (secondary N) is 1. The molecule has 1 N–H and O–H groups in total. The zero-order chi connectivity index (χ0) is 27.1. The second kappa shape index (κ2) is 10.2. The van der Waals surface area contributed by atoms with Crippen LogP contribution in [0.15, 0.2) is 29.2 Å². The number of carbonyl (C=O) groups is 2. The number of hydrogen-bond acceptors (Lipinski definition) is 7. The van der Waals surface area contributed by atoms with E-state index in [0.717, 1.165) is 52.9 Å². The zero-order valence-corrected chi connectivity index (χ0v) is 23.1. The maximum absolute atomic E-state index is 13.7. The molecule has 0 spiro atoms. The number of rotatable bonds is 6. The van der Waals surface area contributed by atoms with Crippen molar-refractivity contribution in [3.05, 3.63) is 67.6 Å². The van der Waals surface area contributed by atoms with Gasteiger partial charge in [0.05, 0.1) is 29.7 Å². The van der Waals surface area contributed by atoms with Gasteiger partial charge in [-0.25, -0.2) is 14.2 Å². The number of amides is 1. The molecule has 1 atom stereocenters. The van der Waals surface area contributed by atoms with Crippen molar-refractivity contribution >= 4 is 39.1 Å². The summed E-state index contributed by atoms with van der Waals surface area (Å²) in [6, 6.07) is 4.96. The van der Waals surface area contributed by atoms with Crippen LogP contribution in [0.5, 0.6) is 0 Å². The molecular weight excluding hydrogens is 502 g/mol. The van der Waals surface area contributed by atoms with Crippen molar-refractivity contribution in [2.24, 2.45) is 0 Å². The molecule has 1 unspecified atom stereocenters. The highest BCUT2D eigenvalue weighted by Crippen LogP contribution is 2.39. The Kier molecular flexibility index (Phi) is 6.92. The molecule has 0 fully saturated rings. The second-order valence-electron chi connectivity index (χ2n) is 9.72. The second-order valence-corrected chi connectivity index (χ2v) is 10.8. The summed E-state index contributed by atoms with van der Waals surface area (Å²) in [5.41, 5.74) is 4.92. The summed E-state index contributed by atoms with van der Waals surface area (Å²) in [5, 5.41) is 12.9. The van der Waals surface area contributed by atoms with E-state index >= 15 is 0 Å². The summed E-state index contributed by atoms with van der Waals surface area (Å²) in [4.78, 5) is 41.1. The zero-order valence-electron chi connectivity index (χ0n) is 22.3. The minimum atomic E-state index is -0.928. The van der Waals surface area contributed by atoms with Crippen molar-refractivity contribution in [1.82, 2.24) is 19.6 Å². The van der Waals surface area contributed by atoms with Gasteiger partial charge in [0.25, 0.3) is 5.56 Å². The van der Waals surface area contributed by atoms with Crippen LogP contribution in [0.25, 0.3) is 16.6 Å². The number of aryl methyl sites for hydroxylation is 4. The third kappa shape index (κ3) is 4.42. The predicted octanol–water partition coefficient (Wildman–Crippen LogP) is 4.82. The maximum atomic E-state index is 13.7. The van der Waals surface area contributed by atoms with E-state index in [1.165, 1.54) is 16.0 Å². The molecule has 3 heterocycles. The molecule has 1 aliphatic carbocycles. The van der Waals surface area contributed by atoms with E-state index in [1.54, 1.807) is 31.6 Å². The Morgan fingerprint density at radius 2 is 1.92 bits per heavy atom. The lowest BCUT2D eigenvalue weighted by Crippen LogP contribution is -2.34. The number of nitrogens with zero attached hydrogens (tertiary/aromatic N) is 4. The molecule has 1 aliphatic rings. The van der Waals surface area contributed by atoms with Crippen LogP contribution >= 0.6 is 11.3 Å². The minimum Gasteiger partial charge on any atom is -0.462 e. The molecule has 5 rings (SSSR count). The van der Waals surface area contributed by atoms with E-state index in [4.69, 9.17) is 4.74 Å². The fraction of sp³-hybridized carbons (Fsp3) is 0.393. The number of carbonyl (C=O) groups excluding carboxylic acids is 2. The summed E-state index contributed by atoms with van der Waals surface area (Å²) in [5.74, 6) is -0.862. The van der Waals surface area contributed by atoms with Gasteiger partial charge in [0.1, 0.15) is 16.6 Å². The van der Waals surface area contributed by atoms with E-state index in [-0.39, 0.29) is 6.61 Å². The van der Waals surface area contributed by atoms with Crippen molar-refractivity contribution in [1.29, 1.82) is 0 Å². The van der Waals surface area contributed by atoms with Gasteiger partial charge in [-0.3, -0.25) is 9.59 Å². The number of anilines is 1. The van der Waals surface area contributed by atoms with Gasteiger partial charge in [0.2, 0.25) is 5.91 Å². The predicted molar refractivity (Wildman–Crippen MR) is 148 cm³/mol. The lowest BCUT2D eigenvalue weighted by Gasteiger charge is -2.16. The number of esters is 1. The minimum absolute atomic E-state index is 0.250. The van der Waals surface area contributed by atoms with Crippen LogP contribution < -0.4 is 10.9 Å². The molecule has 3 aromatic heterocycles. The van der Waals surface area contributed by atoms with E-state index in [9.17, 15) is 14.4 Å². The van der Waals surface area contributed by atoms with Crippen LogP contribution in [0.4, 0.5) is 5.00 Å². The van der Waals surface area contributed by atoms with Crippen molar-refractivity contribution in [3.8, 4) is 5.69 Å². The molecular formula is C28H31N5O4S. The lowest BCUT2D eigenvalue weighted by molar-refractivity contribution is -0.119. The summed E-state index contributed by atoms with van der Waals surface area (Å²) in [6.45, 7) is 9.47. The number of thiophene rings is 1. The average Bonchev–Trinajstić information content (AvgIpc) is 3.50.